The zero-order valence-corrected chi connectivity index (χ0v) is 27.7. The number of alkyl carbamates (subject to hydrolysis) is 1. The molecule has 0 saturated heterocycles. The van der Waals surface area contributed by atoms with Crippen LogP contribution in [0.5, 0.6) is 0 Å². The predicted octanol–water partition coefficient (Wildman–Crippen LogP) is 6.87. The van der Waals surface area contributed by atoms with Crippen molar-refractivity contribution in [1.29, 1.82) is 0 Å². The quantitative estimate of drug-likeness (QED) is 0.158. The molecule has 0 heterocycles. The molecule has 0 fully saturated rings. The Labute approximate surface area is 279 Å². The summed E-state index contributed by atoms with van der Waals surface area (Å²) in [5.74, 6) is -0.799. The van der Waals surface area contributed by atoms with Gasteiger partial charge in [-0.15, -0.1) is 0 Å². The minimum Gasteiger partial charge on any atom is -0.444 e. The van der Waals surface area contributed by atoms with Crippen LogP contribution in [-0.4, -0.2) is 52.3 Å². The molecule has 0 aromatic heterocycles. The van der Waals surface area contributed by atoms with Crippen molar-refractivity contribution in [1.82, 2.24) is 10.2 Å². The topological polar surface area (TPSA) is 128 Å². The van der Waals surface area contributed by atoms with Crippen LogP contribution in [-0.2, 0) is 32.1 Å². The molecule has 4 rings (SSSR count). The van der Waals surface area contributed by atoms with E-state index >= 15 is 0 Å². The number of hydrogen-bond donors (Lipinski definition) is 2. The van der Waals surface area contributed by atoms with Crippen molar-refractivity contribution in [3.05, 3.63) is 114 Å². The maximum Gasteiger partial charge on any atom is 0.417 e. The van der Waals surface area contributed by atoms with Gasteiger partial charge in [0, 0.05) is 11.3 Å². The van der Waals surface area contributed by atoms with Crippen molar-refractivity contribution in [3.63, 3.8) is 0 Å². The van der Waals surface area contributed by atoms with Gasteiger partial charge >= 0.3 is 12.2 Å². The highest BCUT2D eigenvalue weighted by Crippen LogP contribution is 2.28. The molecule has 3 amide bonds. The second kappa shape index (κ2) is 16.8. The summed E-state index contributed by atoms with van der Waals surface area (Å²) in [6, 6.07) is 29.0. The van der Waals surface area contributed by atoms with E-state index in [1.807, 2.05) is 78.9 Å². The van der Waals surface area contributed by atoms with Crippen LogP contribution < -0.4 is 11.1 Å². The van der Waals surface area contributed by atoms with Gasteiger partial charge in [0.05, 0.1) is 0 Å². The van der Waals surface area contributed by atoms with E-state index in [9.17, 15) is 19.2 Å². The van der Waals surface area contributed by atoms with Crippen molar-refractivity contribution in [2.24, 2.45) is 5.73 Å². The maximum absolute atomic E-state index is 14.5. The molecule has 3 N–H and O–H groups in total. The molecule has 0 bridgehead atoms. The molecule has 0 aliphatic rings. The number of nitrogens with zero attached hydrogens (tertiary/aromatic N) is 1. The van der Waals surface area contributed by atoms with Gasteiger partial charge in [-0.25, -0.2) is 14.5 Å². The highest BCUT2D eigenvalue weighted by atomic mass is 32.2. The molecule has 246 valence electrons. The maximum atomic E-state index is 14.5. The zero-order chi connectivity index (χ0) is 33.8. The van der Waals surface area contributed by atoms with Crippen molar-refractivity contribution in [2.75, 3.05) is 6.54 Å². The second-order valence-electron chi connectivity index (χ2n) is 12.0. The number of imide groups is 1. The molecule has 0 spiro atoms. The SMILES string of the molecule is CC(C)(C)OC(=O)N[C@@H](Cc1ccccc1)C(=O)N(C(=O)OCc1ccccc1)[C@@H](CCCN)C(=O)Sc1ccc2ccccc2c1. The Balaban J connectivity index is 1.70. The molecule has 4 aromatic carbocycles. The van der Waals surface area contributed by atoms with E-state index in [0.29, 0.717) is 16.9 Å². The first-order valence-electron chi connectivity index (χ1n) is 15.5. The van der Waals surface area contributed by atoms with Crippen molar-refractivity contribution in [3.8, 4) is 0 Å². The van der Waals surface area contributed by atoms with Crippen LogP contribution in [0.25, 0.3) is 10.8 Å². The summed E-state index contributed by atoms with van der Waals surface area (Å²) in [6.07, 6.45) is -1.34. The Morgan fingerprint density at radius 2 is 1.45 bits per heavy atom. The van der Waals surface area contributed by atoms with Crippen LogP contribution in [0, 0.1) is 0 Å². The lowest BCUT2D eigenvalue weighted by molar-refractivity contribution is -0.137. The molecular formula is C37H41N3O6S. The molecule has 4 aromatic rings. The van der Waals surface area contributed by atoms with E-state index in [1.165, 1.54) is 0 Å². The van der Waals surface area contributed by atoms with Gasteiger partial charge in [-0.3, -0.25) is 9.59 Å². The van der Waals surface area contributed by atoms with Gasteiger partial charge in [0.2, 0.25) is 5.12 Å². The van der Waals surface area contributed by atoms with E-state index < -0.39 is 40.9 Å². The van der Waals surface area contributed by atoms with Crippen LogP contribution in [0.2, 0.25) is 0 Å². The van der Waals surface area contributed by atoms with Gasteiger partial charge in [0.15, 0.2) is 0 Å². The number of amides is 3. The standard InChI is InChI=1S/C37H41N3O6S/c1-37(2,3)46-35(43)39-31(23-26-13-6-4-7-14-26)33(41)40(36(44)45-25-27-15-8-5-9-16-27)32(19-12-22-38)34(42)47-30-21-20-28-17-10-11-18-29(28)24-30/h4-11,13-18,20-21,24,31-32H,12,19,22-23,25,38H2,1-3H3,(H,39,43)/t31-,32-/m0/s1. The summed E-state index contributed by atoms with van der Waals surface area (Å²) >= 11 is 0.939. The molecule has 0 radical (unpaired) electrons. The Kier molecular flexibility index (Phi) is 12.5. The number of nitrogens with one attached hydrogen (secondary N) is 1. The highest BCUT2D eigenvalue weighted by Gasteiger charge is 2.40. The zero-order valence-electron chi connectivity index (χ0n) is 26.9. The van der Waals surface area contributed by atoms with E-state index in [4.69, 9.17) is 15.2 Å². The predicted molar refractivity (Wildman–Crippen MR) is 184 cm³/mol. The first-order valence-corrected chi connectivity index (χ1v) is 16.3. The summed E-state index contributed by atoms with van der Waals surface area (Å²) in [7, 11) is 0. The number of ether oxygens (including phenoxy) is 2. The third-order valence-corrected chi connectivity index (χ3v) is 8.08. The lowest BCUT2D eigenvalue weighted by Gasteiger charge is -2.32. The lowest BCUT2D eigenvalue weighted by Crippen LogP contribution is -2.57. The number of fused-ring (bicyclic) bond motifs is 1. The molecule has 0 aliphatic carbocycles. The summed E-state index contributed by atoms with van der Waals surface area (Å²) in [5, 5.41) is 4.18. The summed E-state index contributed by atoms with van der Waals surface area (Å²) in [5.41, 5.74) is 6.45. The third-order valence-electron chi connectivity index (χ3n) is 7.12. The fourth-order valence-corrected chi connectivity index (χ4v) is 5.82. The normalized spacial score (nSPS) is 12.5. The van der Waals surface area contributed by atoms with Crippen molar-refractivity contribution < 1.29 is 28.7 Å². The van der Waals surface area contributed by atoms with Crippen LogP contribution in [0.3, 0.4) is 0 Å². The fraction of sp³-hybridized carbons (Fsp3) is 0.297. The number of benzene rings is 4. The Bertz CT molecular complexity index is 1660. The third kappa shape index (κ3) is 10.7. The van der Waals surface area contributed by atoms with Crippen LogP contribution in [0.4, 0.5) is 9.59 Å². The fourth-order valence-electron chi connectivity index (χ4n) is 4.91. The lowest BCUT2D eigenvalue weighted by atomic mass is 10.0. The first kappa shape index (κ1) is 35.2. The summed E-state index contributed by atoms with van der Waals surface area (Å²) < 4.78 is 11.1. The summed E-state index contributed by atoms with van der Waals surface area (Å²) in [4.78, 5) is 57.0. The van der Waals surface area contributed by atoms with Crippen molar-refractivity contribution >= 4 is 45.7 Å². The molecule has 0 saturated carbocycles. The monoisotopic (exact) mass is 655 g/mol. The van der Waals surface area contributed by atoms with Crippen molar-refractivity contribution in [2.45, 2.75) is 69.2 Å². The average Bonchev–Trinajstić information content (AvgIpc) is 3.05. The highest BCUT2D eigenvalue weighted by molar-refractivity contribution is 8.13. The number of carbonyl (C=O) groups excluding carboxylic acids is 4. The molecule has 10 heteroatoms. The Hall–Kier alpha value is -4.67. The van der Waals surface area contributed by atoms with Gasteiger partial charge in [-0.05, 0) is 86.0 Å². The molecular weight excluding hydrogens is 614 g/mol. The van der Waals surface area contributed by atoms with Crippen LogP contribution in [0.15, 0.2) is 108 Å². The largest absolute Gasteiger partial charge is 0.444 e. The van der Waals surface area contributed by atoms with E-state index in [-0.39, 0.29) is 26.0 Å². The average molecular weight is 656 g/mol. The summed E-state index contributed by atoms with van der Waals surface area (Å²) in [6.45, 7) is 5.23. The van der Waals surface area contributed by atoms with Crippen LogP contribution >= 0.6 is 11.8 Å². The number of carbonyl (C=O) groups is 4. The van der Waals surface area contributed by atoms with Gasteiger partial charge in [-0.1, -0.05) is 91.0 Å². The van der Waals surface area contributed by atoms with Gasteiger partial charge in [-0.2, -0.15) is 0 Å². The smallest absolute Gasteiger partial charge is 0.417 e. The minimum absolute atomic E-state index is 0.0387. The first-order chi connectivity index (χ1) is 22.5. The molecule has 47 heavy (non-hydrogen) atoms. The van der Waals surface area contributed by atoms with Gasteiger partial charge in [0.1, 0.15) is 24.3 Å². The second-order valence-corrected chi connectivity index (χ2v) is 13.1. The van der Waals surface area contributed by atoms with E-state index in [1.54, 1.807) is 45.0 Å². The molecule has 0 unspecified atom stereocenters. The number of thioether (sulfide) groups is 1. The minimum atomic E-state index is -1.25. The van der Waals surface area contributed by atoms with Crippen LogP contribution in [0.1, 0.15) is 44.7 Å². The Morgan fingerprint density at radius 3 is 2.09 bits per heavy atom. The van der Waals surface area contributed by atoms with Gasteiger partial charge in [0.25, 0.3) is 5.91 Å². The van der Waals surface area contributed by atoms with E-state index in [0.717, 1.165) is 33.0 Å². The molecule has 2 atom stereocenters. The number of rotatable bonds is 12. The Morgan fingerprint density at radius 1 is 0.830 bits per heavy atom. The van der Waals surface area contributed by atoms with E-state index in [2.05, 4.69) is 5.32 Å². The number of nitrogens with two attached hydrogens (primary N) is 1. The number of hydrogen-bond acceptors (Lipinski definition) is 8. The van der Waals surface area contributed by atoms with Gasteiger partial charge < -0.3 is 20.5 Å². The molecule has 9 nitrogen and oxygen atoms in total. The molecule has 0 aliphatic heterocycles.